The minimum atomic E-state index is -0.838. The predicted octanol–water partition coefficient (Wildman–Crippen LogP) is 2.80. The Labute approximate surface area is 130 Å². The third-order valence-corrected chi connectivity index (χ3v) is 3.64. The summed E-state index contributed by atoms with van der Waals surface area (Å²) in [5.74, 6) is -0.539. The minimum absolute atomic E-state index is 0.256. The van der Waals surface area contributed by atoms with Crippen molar-refractivity contribution in [3.05, 3.63) is 24.3 Å². The number of anilines is 1. The summed E-state index contributed by atoms with van der Waals surface area (Å²) in [5.41, 5.74) is 0.672. The van der Waals surface area contributed by atoms with E-state index in [9.17, 15) is 9.59 Å². The number of carboxylic acids is 1. The van der Waals surface area contributed by atoms with Gasteiger partial charge < -0.3 is 20.1 Å². The fourth-order valence-corrected chi connectivity index (χ4v) is 2.42. The first-order valence-corrected chi connectivity index (χ1v) is 7.61. The fraction of sp³-hybridized carbons (Fsp3) is 0.500. The number of hydrogen-bond acceptors (Lipinski definition) is 3. The first kappa shape index (κ1) is 16.1. The van der Waals surface area contributed by atoms with E-state index >= 15 is 0 Å². The number of carbonyl (C=O) groups excluding carboxylic acids is 1. The third kappa shape index (κ3) is 4.38. The zero-order chi connectivity index (χ0) is 15.9. The number of likely N-dealkylation sites (tertiary alicyclic amines) is 1. The summed E-state index contributed by atoms with van der Waals surface area (Å²) < 4.78 is 5.48. The maximum atomic E-state index is 12.2. The molecule has 1 aliphatic heterocycles. The Kier molecular flexibility index (Phi) is 5.63. The second kappa shape index (κ2) is 7.68. The fourth-order valence-electron chi connectivity index (χ4n) is 2.42. The molecule has 1 aromatic carbocycles. The number of benzene rings is 1. The lowest BCUT2D eigenvalue weighted by atomic mass is 9.99. The van der Waals surface area contributed by atoms with Crippen molar-refractivity contribution in [3.8, 4) is 5.75 Å². The second-order valence-electron chi connectivity index (χ2n) is 5.43. The molecule has 2 N–H and O–H groups in total. The van der Waals surface area contributed by atoms with Gasteiger partial charge in [-0.3, -0.25) is 4.79 Å². The van der Waals surface area contributed by atoms with Crippen molar-refractivity contribution in [2.45, 2.75) is 26.2 Å². The number of carbonyl (C=O) groups is 2. The Morgan fingerprint density at radius 3 is 2.73 bits per heavy atom. The lowest BCUT2D eigenvalue weighted by Crippen LogP contribution is -2.44. The molecule has 1 atom stereocenters. The quantitative estimate of drug-likeness (QED) is 0.876. The number of rotatable bonds is 5. The van der Waals surface area contributed by atoms with Gasteiger partial charge in [0.25, 0.3) is 0 Å². The van der Waals surface area contributed by atoms with Crippen molar-refractivity contribution >= 4 is 17.7 Å². The van der Waals surface area contributed by atoms with Crippen molar-refractivity contribution in [2.75, 3.05) is 25.0 Å². The first-order valence-electron chi connectivity index (χ1n) is 7.61. The normalized spacial score (nSPS) is 17.9. The van der Waals surface area contributed by atoms with Gasteiger partial charge in [0.1, 0.15) is 5.75 Å². The number of urea groups is 1. The van der Waals surface area contributed by atoms with Crippen LogP contribution in [0.1, 0.15) is 26.2 Å². The largest absolute Gasteiger partial charge is 0.494 e. The summed E-state index contributed by atoms with van der Waals surface area (Å²) in [6.45, 7) is 3.56. The number of nitrogens with zero attached hydrogens (tertiary/aromatic N) is 1. The zero-order valence-corrected chi connectivity index (χ0v) is 12.7. The number of nitrogens with one attached hydrogen (secondary N) is 1. The standard InChI is InChI=1S/C16H22N2O4/c1-2-10-22-14-7-5-13(6-8-14)17-16(21)18-9-3-4-12(11-18)15(19)20/h5-8,12H,2-4,9-11H2,1H3,(H,17,21)(H,19,20). The van der Waals surface area contributed by atoms with Gasteiger partial charge in [-0.25, -0.2) is 4.79 Å². The summed E-state index contributed by atoms with van der Waals surface area (Å²) in [6.07, 6.45) is 2.29. The van der Waals surface area contributed by atoms with Crippen LogP contribution in [0.3, 0.4) is 0 Å². The number of carboxylic acid groups (broad SMARTS) is 1. The molecule has 120 valence electrons. The van der Waals surface area contributed by atoms with E-state index in [1.165, 1.54) is 0 Å². The van der Waals surface area contributed by atoms with Crippen molar-refractivity contribution in [3.63, 3.8) is 0 Å². The van der Waals surface area contributed by atoms with Crippen molar-refractivity contribution < 1.29 is 19.4 Å². The average Bonchev–Trinajstić information content (AvgIpc) is 2.54. The number of amides is 2. The van der Waals surface area contributed by atoms with Crippen LogP contribution in [0, 0.1) is 5.92 Å². The van der Waals surface area contributed by atoms with E-state index in [2.05, 4.69) is 5.32 Å². The average molecular weight is 306 g/mol. The highest BCUT2D eigenvalue weighted by atomic mass is 16.5. The van der Waals surface area contributed by atoms with Gasteiger partial charge in [0.15, 0.2) is 0 Å². The molecule has 1 aliphatic rings. The molecular weight excluding hydrogens is 284 g/mol. The minimum Gasteiger partial charge on any atom is -0.494 e. The summed E-state index contributed by atoms with van der Waals surface area (Å²) in [6, 6.07) is 6.92. The highest BCUT2D eigenvalue weighted by Gasteiger charge is 2.28. The van der Waals surface area contributed by atoms with E-state index in [4.69, 9.17) is 9.84 Å². The number of piperidine rings is 1. The summed E-state index contributed by atoms with van der Waals surface area (Å²) in [7, 11) is 0. The van der Waals surface area contributed by atoms with E-state index < -0.39 is 11.9 Å². The van der Waals surface area contributed by atoms with Gasteiger partial charge in [0, 0.05) is 18.8 Å². The number of hydrogen-bond donors (Lipinski definition) is 2. The maximum Gasteiger partial charge on any atom is 0.321 e. The second-order valence-corrected chi connectivity index (χ2v) is 5.43. The summed E-state index contributed by atoms with van der Waals surface area (Å²) in [5, 5.41) is 11.8. The molecular formula is C16H22N2O4. The van der Waals surface area contributed by atoms with E-state index in [-0.39, 0.29) is 12.6 Å². The molecule has 0 saturated carbocycles. The summed E-state index contributed by atoms with van der Waals surface area (Å²) in [4.78, 5) is 24.8. The molecule has 0 bridgehead atoms. The Morgan fingerprint density at radius 1 is 1.36 bits per heavy atom. The maximum absolute atomic E-state index is 12.2. The molecule has 0 spiro atoms. The lowest BCUT2D eigenvalue weighted by molar-refractivity contribution is -0.143. The summed E-state index contributed by atoms with van der Waals surface area (Å²) >= 11 is 0. The molecule has 6 heteroatoms. The van der Waals surface area contributed by atoms with Crippen LogP contribution in [-0.4, -0.2) is 41.7 Å². The monoisotopic (exact) mass is 306 g/mol. The van der Waals surface area contributed by atoms with Crippen molar-refractivity contribution in [1.29, 1.82) is 0 Å². The van der Waals surface area contributed by atoms with Crippen LogP contribution in [0.5, 0.6) is 5.75 Å². The SMILES string of the molecule is CCCOc1ccc(NC(=O)N2CCCC(C(=O)O)C2)cc1. The van der Waals surface area contributed by atoms with Crippen LogP contribution in [0.2, 0.25) is 0 Å². The molecule has 22 heavy (non-hydrogen) atoms. The molecule has 0 aromatic heterocycles. The molecule has 1 heterocycles. The lowest BCUT2D eigenvalue weighted by Gasteiger charge is -2.30. The molecule has 0 radical (unpaired) electrons. The number of aliphatic carboxylic acids is 1. The Hall–Kier alpha value is -2.24. The van der Waals surface area contributed by atoms with Crippen LogP contribution in [0.4, 0.5) is 10.5 Å². The zero-order valence-electron chi connectivity index (χ0n) is 12.7. The molecule has 1 unspecified atom stereocenters. The highest BCUT2D eigenvalue weighted by molar-refractivity contribution is 5.89. The highest BCUT2D eigenvalue weighted by Crippen LogP contribution is 2.19. The van der Waals surface area contributed by atoms with Crippen molar-refractivity contribution in [1.82, 2.24) is 4.90 Å². The molecule has 6 nitrogen and oxygen atoms in total. The molecule has 2 amide bonds. The first-order chi connectivity index (χ1) is 10.6. The van der Waals surface area contributed by atoms with E-state index in [1.54, 1.807) is 17.0 Å². The van der Waals surface area contributed by atoms with Gasteiger partial charge in [-0.2, -0.15) is 0 Å². The number of ether oxygens (including phenoxy) is 1. The van der Waals surface area contributed by atoms with Crippen LogP contribution < -0.4 is 10.1 Å². The van der Waals surface area contributed by atoms with Gasteiger partial charge in [0.2, 0.25) is 0 Å². The van der Waals surface area contributed by atoms with Gasteiger partial charge in [-0.05, 0) is 43.5 Å². The van der Waals surface area contributed by atoms with Gasteiger partial charge in [-0.15, -0.1) is 0 Å². The van der Waals surface area contributed by atoms with Gasteiger partial charge in [0.05, 0.1) is 12.5 Å². The topological polar surface area (TPSA) is 78.9 Å². The predicted molar refractivity (Wildman–Crippen MR) is 83.2 cm³/mol. The van der Waals surface area contributed by atoms with E-state index in [0.29, 0.717) is 31.7 Å². The smallest absolute Gasteiger partial charge is 0.321 e. The van der Waals surface area contributed by atoms with Crippen LogP contribution in [0.25, 0.3) is 0 Å². The Balaban J connectivity index is 1.89. The van der Waals surface area contributed by atoms with E-state index in [1.807, 2.05) is 19.1 Å². The molecule has 1 fully saturated rings. The Bertz CT molecular complexity index is 515. The third-order valence-electron chi connectivity index (χ3n) is 3.64. The van der Waals surface area contributed by atoms with Crippen LogP contribution in [0.15, 0.2) is 24.3 Å². The molecule has 0 aliphatic carbocycles. The molecule has 1 saturated heterocycles. The van der Waals surface area contributed by atoms with Crippen LogP contribution >= 0.6 is 0 Å². The van der Waals surface area contributed by atoms with Gasteiger partial charge in [-0.1, -0.05) is 6.92 Å². The van der Waals surface area contributed by atoms with Gasteiger partial charge >= 0.3 is 12.0 Å². The van der Waals surface area contributed by atoms with Crippen molar-refractivity contribution in [2.24, 2.45) is 5.92 Å². The van der Waals surface area contributed by atoms with E-state index in [0.717, 1.165) is 12.2 Å². The Morgan fingerprint density at radius 2 is 2.09 bits per heavy atom. The molecule has 1 aromatic rings. The molecule has 2 rings (SSSR count). The van der Waals surface area contributed by atoms with Crippen LogP contribution in [-0.2, 0) is 4.79 Å².